The molecule has 0 fully saturated rings. The molecular formula is C23H24ClN3O. The van der Waals surface area contributed by atoms with E-state index < -0.39 is 5.91 Å². The predicted octanol–water partition coefficient (Wildman–Crippen LogP) is 5.61. The maximum atomic E-state index is 12.5. The van der Waals surface area contributed by atoms with Gasteiger partial charge in [0.05, 0.1) is 10.7 Å². The Morgan fingerprint density at radius 3 is 2.71 bits per heavy atom. The van der Waals surface area contributed by atoms with Crippen molar-refractivity contribution in [2.24, 2.45) is 0 Å². The number of amides is 1. The summed E-state index contributed by atoms with van der Waals surface area (Å²) < 4.78 is 0. The molecule has 0 aromatic heterocycles. The Kier molecular flexibility index (Phi) is 5.49. The highest BCUT2D eigenvalue weighted by Crippen LogP contribution is 2.42. The zero-order valence-electron chi connectivity index (χ0n) is 16.6. The van der Waals surface area contributed by atoms with Crippen molar-refractivity contribution in [2.75, 3.05) is 17.3 Å². The van der Waals surface area contributed by atoms with Gasteiger partial charge in [-0.1, -0.05) is 36.7 Å². The molecule has 4 nitrogen and oxygen atoms in total. The van der Waals surface area contributed by atoms with Gasteiger partial charge in [0.2, 0.25) is 0 Å². The molecule has 1 aliphatic rings. The standard InChI is InChI=1S/C23H24ClN3O/c1-15-13-23(2,3)27(4)21-10-9-16(12-18(15)21)11-17(14-25)22(28)26-20-8-6-5-7-19(20)24/h5-12,15H,13H2,1-4H3,(H,26,28)/b17-11-. The Hall–Kier alpha value is -2.77. The molecule has 0 bridgehead atoms. The summed E-state index contributed by atoms with van der Waals surface area (Å²) in [7, 11) is 2.11. The molecule has 5 heteroatoms. The molecule has 0 aliphatic carbocycles. The molecule has 1 unspecified atom stereocenters. The number of rotatable bonds is 3. The van der Waals surface area contributed by atoms with Crippen LogP contribution in [0, 0.1) is 11.3 Å². The third kappa shape index (κ3) is 3.90. The van der Waals surface area contributed by atoms with Crippen LogP contribution in [0.2, 0.25) is 5.02 Å². The molecule has 2 aromatic rings. The minimum Gasteiger partial charge on any atom is -0.369 e. The lowest BCUT2D eigenvalue weighted by Gasteiger charge is -2.45. The average molecular weight is 394 g/mol. The number of anilines is 2. The van der Waals surface area contributed by atoms with Crippen molar-refractivity contribution in [2.45, 2.75) is 38.6 Å². The number of hydrogen-bond acceptors (Lipinski definition) is 3. The van der Waals surface area contributed by atoms with Gasteiger partial charge in [0, 0.05) is 18.3 Å². The summed E-state index contributed by atoms with van der Waals surface area (Å²) in [5, 5.41) is 12.6. The van der Waals surface area contributed by atoms with Crippen molar-refractivity contribution >= 4 is 35.0 Å². The average Bonchev–Trinajstić information content (AvgIpc) is 2.65. The number of fused-ring (bicyclic) bond motifs is 1. The van der Waals surface area contributed by atoms with Crippen LogP contribution < -0.4 is 10.2 Å². The number of nitrogens with one attached hydrogen (secondary N) is 1. The van der Waals surface area contributed by atoms with Gasteiger partial charge < -0.3 is 10.2 Å². The van der Waals surface area contributed by atoms with Gasteiger partial charge in [0.15, 0.2) is 0 Å². The SMILES string of the molecule is CC1CC(C)(C)N(C)c2ccc(/C=C(/C#N)C(=O)Nc3ccccc3Cl)cc21. The molecule has 0 saturated heterocycles. The first-order chi connectivity index (χ1) is 13.2. The van der Waals surface area contributed by atoms with Crippen molar-refractivity contribution in [3.63, 3.8) is 0 Å². The molecule has 1 aliphatic heterocycles. The highest BCUT2D eigenvalue weighted by molar-refractivity contribution is 6.34. The van der Waals surface area contributed by atoms with Gasteiger partial charge in [0.1, 0.15) is 11.6 Å². The molecule has 0 spiro atoms. The molecule has 144 valence electrons. The number of para-hydroxylation sites is 1. The number of nitrogens with zero attached hydrogens (tertiary/aromatic N) is 2. The zero-order valence-corrected chi connectivity index (χ0v) is 17.3. The predicted molar refractivity (Wildman–Crippen MR) is 116 cm³/mol. The van der Waals surface area contributed by atoms with Crippen LogP contribution in [0.25, 0.3) is 6.08 Å². The van der Waals surface area contributed by atoms with Crippen LogP contribution in [-0.2, 0) is 4.79 Å². The van der Waals surface area contributed by atoms with Crippen molar-refractivity contribution in [3.8, 4) is 6.07 Å². The van der Waals surface area contributed by atoms with Crippen molar-refractivity contribution in [1.82, 2.24) is 0 Å². The van der Waals surface area contributed by atoms with Crippen LogP contribution in [0.4, 0.5) is 11.4 Å². The number of carbonyl (C=O) groups is 1. The second-order valence-electron chi connectivity index (χ2n) is 7.90. The van der Waals surface area contributed by atoms with Crippen molar-refractivity contribution < 1.29 is 4.79 Å². The van der Waals surface area contributed by atoms with E-state index in [0.29, 0.717) is 16.6 Å². The maximum absolute atomic E-state index is 12.5. The summed E-state index contributed by atoms with van der Waals surface area (Å²) in [6.07, 6.45) is 2.67. The van der Waals surface area contributed by atoms with E-state index in [1.807, 2.05) is 12.1 Å². The van der Waals surface area contributed by atoms with E-state index in [2.05, 4.69) is 50.2 Å². The number of hydrogen-bond donors (Lipinski definition) is 1. The molecule has 28 heavy (non-hydrogen) atoms. The van der Waals surface area contributed by atoms with E-state index in [-0.39, 0.29) is 11.1 Å². The van der Waals surface area contributed by atoms with Gasteiger partial charge in [-0.05, 0) is 67.7 Å². The first-order valence-electron chi connectivity index (χ1n) is 9.28. The lowest BCUT2D eigenvalue weighted by Crippen LogP contribution is -2.45. The first kappa shape index (κ1) is 20.0. The van der Waals surface area contributed by atoms with Crippen molar-refractivity contribution in [1.29, 1.82) is 5.26 Å². The maximum Gasteiger partial charge on any atom is 0.266 e. The molecule has 0 saturated carbocycles. The quantitative estimate of drug-likeness (QED) is 0.544. The summed E-state index contributed by atoms with van der Waals surface area (Å²) in [4.78, 5) is 14.8. The third-order valence-corrected chi connectivity index (χ3v) is 5.79. The minimum atomic E-state index is -0.473. The van der Waals surface area contributed by atoms with E-state index in [0.717, 1.165) is 12.0 Å². The van der Waals surface area contributed by atoms with Gasteiger partial charge in [-0.3, -0.25) is 4.79 Å². The van der Waals surface area contributed by atoms with Gasteiger partial charge >= 0.3 is 0 Å². The van der Waals surface area contributed by atoms with Crippen LogP contribution in [-0.4, -0.2) is 18.5 Å². The number of halogens is 1. The van der Waals surface area contributed by atoms with E-state index in [9.17, 15) is 10.1 Å². The Bertz CT molecular complexity index is 988. The van der Waals surface area contributed by atoms with Gasteiger partial charge in [-0.15, -0.1) is 0 Å². The van der Waals surface area contributed by atoms with Crippen molar-refractivity contribution in [3.05, 3.63) is 64.2 Å². The molecule has 1 N–H and O–H groups in total. The molecule has 0 radical (unpaired) electrons. The fourth-order valence-corrected chi connectivity index (χ4v) is 3.94. The van der Waals surface area contributed by atoms with Gasteiger partial charge in [-0.2, -0.15) is 5.26 Å². The van der Waals surface area contributed by atoms with Crippen LogP contribution >= 0.6 is 11.6 Å². The van der Waals surface area contributed by atoms with Crippen LogP contribution in [0.15, 0.2) is 48.0 Å². The minimum absolute atomic E-state index is 0.0389. The summed E-state index contributed by atoms with van der Waals surface area (Å²) in [6, 6.07) is 15.0. The van der Waals surface area contributed by atoms with E-state index in [1.54, 1.807) is 30.3 Å². The Balaban J connectivity index is 1.90. The molecule has 2 aromatic carbocycles. The van der Waals surface area contributed by atoms with E-state index in [4.69, 9.17) is 11.6 Å². The second-order valence-corrected chi connectivity index (χ2v) is 8.31. The molecule has 3 rings (SSSR count). The Morgan fingerprint density at radius 2 is 2.04 bits per heavy atom. The topological polar surface area (TPSA) is 56.1 Å². The lowest BCUT2D eigenvalue weighted by atomic mass is 9.80. The Labute approximate surface area is 171 Å². The first-order valence-corrected chi connectivity index (χ1v) is 9.66. The van der Waals surface area contributed by atoms with Crippen LogP contribution in [0.1, 0.15) is 44.2 Å². The van der Waals surface area contributed by atoms with Gasteiger partial charge in [0.25, 0.3) is 5.91 Å². The summed E-state index contributed by atoms with van der Waals surface area (Å²) in [5.41, 5.74) is 3.88. The largest absolute Gasteiger partial charge is 0.369 e. The zero-order chi connectivity index (χ0) is 20.5. The monoisotopic (exact) mass is 393 g/mol. The van der Waals surface area contributed by atoms with Crippen LogP contribution in [0.5, 0.6) is 0 Å². The summed E-state index contributed by atoms with van der Waals surface area (Å²) >= 11 is 6.09. The highest BCUT2D eigenvalue weighted by atomic mass is 35.5. The fourth-order valence-electron chi connectivity index (χ4n) is 3.75. The summed E-state index contributed by atoms with van der Waals surface area (Å²) in [6.45, 7) is 6.70. The molecule has 1 heterocycles. The molecule has 1 amide bonds. The Morgan fingerprint density at radius 1 is 1.32 bits per heavy atom. The lowest BCUT2D eigenvalue weighted by molar-refractivity contribution is -0.112. The van der Waals surface area contributed by atoms with Gasteiger partial charge in [-0.25, -0.2) is 0 Å². The highest BCUT2D eigenvalue weighted by Gasteiger charge is 2.33. The molecule has 1 atom stereocenters. The smallest absolute Gasteiger partial charge is 0.266 e. The number of nitriles is 1. The van der Waals surface area contributed by atoms with Crippen LogP contribution in [0.3, 0.4) is 0 Å². The molecular weight excluding hydrogens is 370 g/mol. The van der Waals surface area contributed by atoms with E-state index >= 15 is 0 Å². The summed E-state index contributed by atoms with van der Waals surface area (Å²) in [5.74, 6) is -0.0725. The second kappa shape index (κ2) is 7.69. The number of carbonyl (C=O) groups excluding carboxylic acids is 1. The third-order valence-electron chi connectivity index (χ3n) is 5.46. The normalized spacial score (nSPS) is 18.2. The number of benzene rings is 2. The van der Waals surface area contributed by atoms with E-state index in [1.165, 1.54) is 11.3 Å². The fraction of sp³-hybridized carbons (Fsp3) is 0.304.